The summed E-state index contributed by atoms with van der Waals surface area (Å²) in [5, 5.41) is 3.57. The lowest BCUT2D eigenvalue weighted by atomic mass is 10.8. The van der Waals surface area contributed by atoms with Crippen LogP contribution in [-0.4, -0.2) is 31.2 Å². The first-order chi connectivity index (χ1) is 4.13. The predicted molar refractivity (Wildman–Crippen MR) is 36.0 cm³/mol. The zero-order chi connectivity index (χ0) is 7.28. The molecule has 0 heterocycles. The van der Waals surface area contributed by atoms with Gasteiger partial charge in [-0.1, -0.05) is 0 Å². The van der Waals surface area contributed by atoms with Crippen LogP contribution in [-0.2, 0) is 4.79 Å². The van der Waals surface area contributed by atoms with Crippen LogP contribution in [0.5, 0.6) is 0 Å². The first-order valence-corrected chi connectivity index (χ1v) is 2.59. The summed E-state index contributed by atoms with van der Waals surface area (Å²) in [5.41, 5.74) is 2.27. The third-order valence-corrected chi connectivity index (χ3v) is 0.511. The van der Waals surface area contributed by atoms with E-state index in [-0.39, 0.29) is 5.91 Å². The first-order valence-electron chi connectivity index (χ1n) is 2.59. The van der Waals surface area contributed by atoms with Crippen molar-refractivity contribution in [3.05, 3.63) is 0 Å². The molecule has 9 heavy (non-hydrogen) atoms. The highest BCUT2D eigenvalue weighted by Crippen LogP contribution is 1.64. The topological polar surface area (TPSA) is 44.7 Å². The van der Waals surface area contributed by atoms with Crippen molar-refractivity contribution in [3.8, 4) is 0 Å². The van der Waals surface area contributed by atoms with Gasteiger partial charge in [0.05, 0.1) is 0 Å². The molecular weight excluding hydrogens is 118 g/mol. The van der Waals surface area contributed by atoms with Crippen LogP contribution >= 0.6 is 0 Å². The number of nitrogens with one attached hydrogen (secondary N) is 1. The van der Waals surface area contributed by atoms with Crippen molar-refractivity contribution < 1.29 is 4.79 Å². The Labute approximate surface area is 54.5 Å². The van der Waals surface area contributed by atoms with Gasteiger partial charge in [0.1, 0.15) is 6.34 Å². The summed E-state index contributed by atoms with van der Waals surface area (Å²) < 4.78 is 0. The Hall–Kier alpha value is -1.06. The second-order valence-corrected chi connectivity index (χ2v) is 1.88. The molecule has 0 spiro atoms. The van der Waals surface area contributed by atoms with E-state index in [1.54, 1.807) is 4.90 Å². The van der Waals surface area contributed by atoms with Crippen LogP contribution in [0.4, 0.5) is 0 Å². The Kier molecular flexibility index (Phi) is 3.43. The van der Waals surface area contributed by atoms with Gasteiger partial charge in [-0.15, -0.1) is 0 Å². The molecule has 0 radical (unpaired) electrons. The van der Waals surface area contributed by atoms with Gasteiger partial charge in [0.15, 0.2) is 0 Å². The second-order valence-electron chi connectivity index (χ2n) is 1.88. The van der Waals surface area contributed by atoms with Gasteiger partial charge >= 0.3 is 0 Å². The summed E-state index contributed by atoms with van der Waals surface area (Å²) in [6, 6.07) is 0. The number of hydrogen-bond donors (Lipinski definition) is 1. The fourth-order valence-electron chi connectivity index (χ4n) is 0.235. The van der Waals surface area contributed by atoms with E-state index in [0.29, 0.717) is 0 Å². The van der Waals surface area contributed by atoms with Crippen molar-refractivity contribution in [2.24, 2.45) is 5.10 Å². The van der Waals surface area contributed by atoms with Crippen LogP contribution in [0.15, 0.2) is 5.10 Å². The smallest absolute Gasteiger partial charge is 0.236 e. The average molecular weight is 129 g/mol. The fraction of sp³-hybridized carbons (Fsp3) is 0.600. The lowest BCUT2D eigenvalue weighted by Crippen LogP contribution is -2.16. The molecule has 0 aliphatic heterocycles. The molecule has 0 aromatic rings. The molecule has 0 rings (SSSR count). The first kappa shape index (κ1) is 7.94. The molecule has 1 N–H and O–H groups in total. The summed E-state index contributed by atoms with van der Waals surface area (Å²) in [6.45, 7) is 1.41. The minimum Gasteiger partial charge on any atom is -0.367 e. The van der Waals surface area contributed by atoms with Crippen molar-refractivity contribution in [2.45, 2.75) is 6.92 Å². The quantitative estimate of drug-likeness (QED) is 0.314. The van der Waals surface area contributed by atoms with E-state index < -0.39 is 0 Å². The van der Waals surface area contributed by atoms with Gasteiger partial charge < -0.3 is 4.90 Å². The highest BCUT2D eigenvalue weighted by molar-refractivity contribution is 5.73. The Morgan fingerprint density at radius 2 is 2.22 bits per heavy atom. The van der Waals surface area contributed by atoms with Crippen molar-refractivity contribution >= 4 is 12.2 Å². The molecule has 0 aromatic heterocycles. The zero-order valence-electron chi connectivity index (χ0n) is 5.88. The number of rotatable bonds is 2. The molecule has 1 amide bonds. The molecule has 0 atom stereocenters. The van der Waals surface area contributed by atoms with Crippen LogP contribution in [0, 0.1) is 0 Å². The van der Waals surface area contributed by atoms with Gasteiger partial charge in [0.25, 0.3) is 0 Å². The Balaban J connectivity index is 3.36. The molecule has 0 bridgehead atoms. The van der Waals surface area contributed by atoms with Crippen molar-refractivity contribution in [1.82, 2.24) is 10.3 Å². The van der Waals surface area contributed by atoms with Crippen LogP contribution in [0.3, 0.4) is 0 Å². The number of hydrazone groups is 1. The third kappa shape index (κ3) is 6.94. The van der Waals surface area contributed by atoms with Crippen molar-refractivity contribution in [3.63, 3.8) is 0 Å². The fourth-order valence-corrected chi connectivity index (χ4v) is 0.235. The lowest BCUT2D eigenvalue weighted by molar-refractivity contribution is -0.118. The van der Waals surface area contributed by atoms with E-state index >= 15 is 0 Å². The molecule has 0 unspecified atom stereocenters. The van der Waals surface area contributed by atoms with Crippen molar-refractivity contribution in [1.29, 1.82) is 0 Å². The van der Waals surface area contributed by atoms with Crippen LogP contribution in [0.1, 0.15) is 6.92 Å². The lowest BCUT2D eigenvalue weighted by Gasteiger charge is -2.00. The molecule has 52 valence electrons. The summed E-state index contributed by atoms with van der Waals surface area (Å²) in [6.07, 6.45) is 1.52. The normalized spacial score (nSPS) is 9.67. The van der Waals surface area contributed by atoms with Gasteiger partial charge in [-0.05, 0) is 0 Å². The summed E-state index contributed by atoms with van der Waals surface area (Å²) in [7, 11) is 3.65. The van der Waals surface area contributed by atoms with Crippen LogP contribution in [0.25, 0.3) is 0 Å². The highest BCUT2D eigenvalue weighted by Gasteiger charge is 1.81. The van der Waals surface area contributed by atoms with Gasteiger partial charge in [-0.3, -0.25) is 4.79 Å². The summed E-state index contributed by atoms with van der Waals surface area (Å²) in [4.78, 5) is 11.9. The van der Waals surface area contributed by atoms with Gasteiger partial charge in [0.2, 0.25) is 5.91 Å². The SMILES string of the molecule is CC(=O)NN=CN(C)C. The maximum Gasteiger partial charge on any atom is 0.236 e. The number of carbonyl (C=O) groups excluding carboxylic acids is 1. The number of carbonyl (C=O) groups is 1. The minimum absolute atomic E-state index is 0.159. The standard InChI is InChI=1S/C5H11N3O/c1-5(9)7-6-4-8(2)3/h4H,1-3H3,(H,7,9). The van der Waals surface area contributed by atoms with Crippen LogP contribution < -0.4 is 5.43 Å². The van der Waals surface area contributed by atoms with E-state index in [1.807, 2.05) is 14.1 Å². The molecule has 0 aliphatic carbocycles. The third-order valence-electron chi connectivity index (χ3n) is 0.511. The molecule has 4 nitrogen and oxygen atoms in total. The summed E-state index contributed by atoms with van der Waals surface area (Å²) in [5.74, 6) is -0.159. The molecule has 0 aliphatic rings. The van der Waals surface area contributed by atoms with E-state index in [2.05, 4.69) is 10.5 Å². The van der Waals surface area contributed by atoms with E-state index in [4.69, 9.17) is 0 Å². The predicted octanol–water partition coefficient (Wildman–Crippen LogP) is -0.373. The molecule has 0 saturated heterocycles. The summed E-state index contributed by atoms with van der Waals surface area (Å²) >= 11 is 0. The van der Waals surface area contributed by atoms with E-state index in [0.717, 1.165) is 0 Å². The number of hydrogen-bond acceptors (Lipinski definition) is 2. The van der Waals surface area contributed by atoms with Crippen molar-refractivity contribution in [2.75, 3.05) is 14.1 Å². The Morgan fingerprint density at radius 1 is 1.67 bits per heavy atom. The molecule has 4 heteroatoms. The molecule has 0 fully saturated rings. The van der Waals surface area contributed by atoms with E-state index in [1.165, 1.54) is 13.3 Å². The van der Waals surface area contributed by atoms with Gasteiger partial charge in [0, 0.05) is 21.0 Å². The second kappa shape index (κ2) is 3.88. The van der Waals surface area contributed by atoms with E-state index in [9.17, 15) is 4.79 Å². The monoisotopic (exact) mass is 129 g/mol. The van der Waals surface area contributed by atoms with Crippen LogP contribution in [0.2, 0.25) is 0 Å². The Morgan fingerprint density at radius 3 is 2.56 bits per heavy atom. The highest BCUT2D eigenvalue weighted by atomic mass is 16.2. The largest absolute Gasteiger partial charge is 0.367 e. The average Bonchev–Trinajstić information content (AvgIpc) is 1.63. The minimum atomic E-state index is -0.159. The maximum absolute atomic E-state index is 10.2. The maximum atomic E-state index is 10.2. The number of nitrogens with zero attached hydrogens (tertiary/aromatic N) is 2. The van der Waals surface area contributed by atoms with Gasteiger partial charge in [-0.25, -0.2) is 5.43 Å². The molecule has 0 aromatic carbocycles. The van der Waals surface area contributed by atoms with Gasteiger partial charge in [-0.2, -0.15) is 5.10 Å². The molecule has 0 saturated carbocycles. The Bertz CT molecular complexity index is 119. The number of amides is 1. The zero-order valence-corrected chi connectivity index (χ0v) is 5.88. The molecular formula is C5H11N3O.